The molecule has 0 bridgehead atoms. The van der Waals surface area contributed by atoms with E-state index >= 15 is 0 Å². The van der Waals surface area contributed by atoms with Gasteiger partial charge in [0.2, 0.25) is 0 Å². The summed E-state index contributed by atoms with van der Waals surface area (Å²) in [6.07, 6.45) is 0.839. The lowest BCUT2D eigenvalue weighted by Crippen LogP contribution is -2.24. The lowest BCUT2D eigenvalue weighted by molar-refractivity contribution is 0.308. The molecule has 2 aliphatic rings. The summed E-state index contributed by atoms with van der Waals surface area (Å²) >= 11 is 0. The van der Waals surface area contributed by atoms with E-state index in [0.717, 1.165) is 12.1 Å². The van der Waals surface area contributed by atoms with Crippen LogP contribution in [0.4, 0.5) is 0 Å². The van der Waals surface area contributed by atoms with E-state index in [1.165, 1.54) is 0 Å². The van der Waals surface area contributed by atoms with Crippen LogP contribution in [0.1, 0.15) is 27.2 Å². The van der Waals surface area contributed by atoms with E-state index < -0.39 is 0 Å². The first-order valence-electron chi connectivity index (χ1n) is 4.93. The molecule has 0 aromatic carbocycles. The van der Waals surface area contributed by atoms with Gasteiger partial charge in [0.15, 0.2) is 0 Å². The van der Waals surface area contributed by atoms with E-state index in [2.05, 4.69) is 24.2 Å². The van der Waals surface area contributed by atoms with Crippen molar-refractivity contribution in [2.75, 3.05) is 0 Å². The van der Waals surface area contributed by atoms with Crippen molar-refractivity contribution in [3.05, 3.63) is 0 Å². The quantitative estimate of drug-likeness (QED) is 0.382. The summed E-state index contributed by atoms with van der Waals surface area (Å²) < 4.78 is 0. The minimum absolute atomic E-state index is 0.0463. The van der Waals surface area contributed by atoms with Crippen molar-refractivity contribution in [3.63, 3.8) is 0 Å². The van der Waals surface area contributed by atoms with Crippen LogP contribution in [-0.4, -0.2) is 21.8 Å². The summed E-state index contributed by atoms with van der Waals surface area (Å²) in [6.45, 7) is 6.22. The van der Waals surface area contributed by atoms with Gasteiger partial charge >= 0.3 is 0 Å². The molecule has 4 heteroatoms. The van der Waals surface area contributed by atoms with Crippen LogP contribution in [0.15, 0.2) is 10.3 Å². The van der Waals surface area contributed by atoms with E-state index in [4.69, 9.17) is 10.4 Å². The molecule has 2 aliphatic carbocycles. The van der Waals surface area contributed by atoms with E-state index in [1.54, 1.807) is 6.92 Å². The highest BCUT2D eigenvalue weighted by molar-refractivity contribution is 6.09. The monoisotopic (exact) mass is 196 g/mol. The molecule has 0 spiro atoms. The lowest BCUT2D eigenvalue weighted by Gasteiger charge is -2.17. The maximum atomic E-state index is 8.84. The topological polar surface area (TPSA) is 65.2 Å². The van der Waals surface area contributed by atoms with Crippen molar-refractivity contribution < 1.29 is 10.4 Å². The van der Waals surface area contributed by atoms with E-state index in [9.17, 15) is 0 Å². The van der Waals surface area contributed by atoms with Gasteiger partial charge in [-0.15, -0.1) is 0 Å². The molecule has 2 rings (SSSR count). The van der Waals surface area contributed by atoms with E-state index in [1.807, 2.05) is 0 Å². The molecule has 0 unspecified atom stereocenters. The molecule has 4 nitrogen and oxygen atoms in total. The Kier molecular flexibility index (Phi) is 1.84. The fourth-order valence-corrected chi connectivity index (χ4v) is 3.06. The van der Waals surface area contributed by atoms with Gasteiger partial charge in [0, 0.05) is 5.92 Å². The maximum absolute atomic E-state index is 8.84. The van der Waals surface area contributed by atoms with Crippen molar-refractivity contribution in [3.8, 4) is 0 Å². The van der Waals surface area contributed by atoms with Crippen LogP contribution in [0.2, 0.25) is 0 Å². The van der Waals surface area contributed by atoms with Gasteiger partial charge in [0.1, 0.15) is 0 Å². The minimum Gasteiger partial charge on any atom is -0.411 e. The SMILES string of the molecule is C/C(=N\O)[C@H]1/C(=N/O)C[C@H]2[C@H]1C2(C)C. The Morgan fingerprint density at radius 3 is 2.57 bits per heavy atom. The molecule has 3 atom stereocenters. The predicted molar refractivity (Wildman–Crippen MR) is 53.0 cm³/mol. The number of fused-ring (bicyclic) bond motifs is 1. The number of hydrogen-bond donors (Lipinski definition) is 2. The van der Waals surface area contributed by atoms with Crippen LogP contribution < -0.4 is 0 Å². The minimum atomic E-state index is 0.0463. The number of hydrogen-bond acceptors (Lipinski definition) is 4. The molecule has 14 heavy (non-hydrogen) atoms. The highest BCUT2D eigenvalue weighted by Crippen LogP contribution is 2.68. The van der Waals surface area contributed by atoms with Gasteiger partial charge in [-0.25, -0.2) is 0 Å². The van der Waals surface area contributed by atoms with Crippen LogP contribution in [-0.2, 0) is 0 Å². The largest absolute Gasteiger partial charge is 0.411 e. The number of rotatable bonds is 1. The number of oxime groups is 2. The predicted octanol–water partition coefficient (Wildman–Crippen LogP) is 1.96. The second-order valence-corrected chi connectivity index (χ2v) is 4.97. The second kappa shape index (κ2) is 2.72. The van der Waals surface area contributed by atoms with Gasteiger partial charge in [0.25, 0.3) is 0 Å². The van der Waals surface area contributed by atoms with Crippen LogP contribution >= 0.6 is 0 Å². The van der Waals surface area contributed by atoms with Gasteiger partial charge < -0.3 is 10.4 Å². The normalized spacial score (nSPS) is 42.6. The Morgan fingerprint density at radius 1 is 1.43 bits per heavy atom. The first-order chi connectivity index (χ1) is 6.54. The zero-order valence-electron chi connectivity index (χ0n) is 8.73. The third-order valence-corrected chi connectivity index (χ3v) is 4.02. The fourth-order valence-electron chi connectivity index (χ4n) is 3.06. The molecule has 0 heterocycles. The van der Waals surface area contributed by atoms with Crippen LogP contribution in [0.5, 0.6) is 0 Å². The smallest absolute Gasteiger partial charge is 0.0665 e. The molecule has 78 valence electrons. The summed E-state index contributed by atoms with van der Waals surface area (Å²) in [7, 11) is 0. The molecule has 0 saturated heterocycles. The molecular weight excluding hydrogens is 180 g/mol. The first-order valence-corrected chi connectivity index (χ1v) is 4.93. The molecule has 0 aromatic heterocycles. The molecule has 2 saturated carbocycles. The van der Waals surface area contributed by atoms with Crippen molar-refractivity contribution in [2.24, 2.45) is 33.5 Å². The van der Waals surface area contributed by atoms with Gasteiger partial charge in [-0.3, -0.25) is 0 Å². The summed E-state index contributed by atoms with van der Waals surface area (Å²) in [5.74, 6) is 1.13. The summed E-state index contributed by atoms with van der Waals surface area (Å²) in [4.78, 5) is 0. The molecule has 0 amide bonds. The Balaban J connectivity index is 2.28. The summed E-state index contributed by atoms with van der Waals surface area (Å²) in [5, 5.41) is 24.2. The molecule has 0 radical (unpaired) electrons. The highest BCUT2D eigenvalue weighted by atomic mass is 16.4. The van der Waals surface area contributed by atoms with Crippen molar-refractivity contribution in [1.29, 1.82) is 0 Å². The molecule has 2 fully saturated rings. The summed E-state index contributed by atoms with van der Waals surface area (Å²) in [6, 6.07) is 0. The third-order valence-electron chi connectivity index (χ3n) is 4.02. The first kappa shape index (κ1) is 9.49. The van der Waals surface area contributed by atoms with E-state index in [-0.39, 0.29) is 5.92 Å². The Hall–Kier alpha value is -1.06. The summed E-state index contributed by atoms with van der Waals surface area (Å²) in [5.41, 5.74) is 1.75. The maximum Gasteiger partial charge on any atom is 0.0665 e. The standard InChI is InChI=1S/C10H16N2O2/c1-5(11-13)8-7(12-14)4-6-9(8)10(6,2)3/h6,8-9,13-14H,4H2,1-3H3/b11-5+,12-7+/t6-,8-,9+/m0/s1. The zero-order valence-corrected chi connectivity index (χ0v) is 8.73. The Labute approximate surface area is 83.3 Å². The van der Waals surface area contributed by atoms with Gasteiger partial charge in [-0.05, 0) is 30.6 Å². The third kappa shape index (κ3) is 0.996. The average molecular weight is 196 g/mol. The highest BCUT2D eigenvalue weighted by Gasteiger charge is 2.67. The van der Waals surface area contributed by atoms with Crippen LogP contribution in [0.25, 0.3) is 0 Å². The molecule has 2 N–H and O–H groups in total. The number of nitrogens with zero attached hydrogens (tertiary/aromatic N) is 2. The van der Waals surface area contributed by atoms with Crippen molar-refractivity contribution >= 4 is 11.4 Å². The molecule has 0 aromatic rings. The van der Waals surface area contributed by atoms with Gasteiger partial charge in [-0.2, -0.15) is 0 Å². The Bertz CT molecular complexity index is 320. The van der Waals surface area contributed by atoms with Crippen molar-refractivity contribution in [2.45, 2.75) is 27.2 Å². The average Bonchev–Trinajstić information content (AvgIpc) is 2.57. The second-order valence-electron chi connectivity index (χ2n) is 4.97. The Morgan fingerprint density at radius 2 is 2.07 bits per heavy atom. The fraction of sp³-hybridized carbons (Fsp3) is 0.800. The van der Waals surface area contributed by atoms with Crippen molar-refractivity contribution in [1.82, 2.24) is 0 Å². The van der Waals surface area contributed by atoms with Crippen LogP contribution in [0, 0.1) is 23.2 Å². The van der Waals surface area contributed by atoms with Gasteiger partial charge in [-0.1, -0.05) is 24.2 Å². The molecule has 0 aliphatic heterocycles. The molecular formula is C10H16N2O2. The van der Waals surface area contributed by atoms with E-state index in [0.29, 0.717) is 23.0 Å². The zero-order chi connectivity index (χ0) is 10.5. The van der Waals surface area contributed by atoms with Gasteiger partial charge in [0.05, 0.1) is 11.4 Å². The van der Waals surface area contributed by atoms with Crippen LogP contribution in [0.3, 0.4) is 0 Å². The lowest BCUT2D eigenvalue weighted by atomic mass is 9.88.